The highest BCUT2D eigenvalue weighted by atomic mass is 16.6. The quantitative estimate of drug-likeness (QED) is 0.499. The van der Waals surface area contributed by atoms with Crippen LogP contribution in [0.4, 0.5) is 0 Å². The van der Waals surface area contributed by atoms with Gasteiger partial charge in [-0.15, -0.1) is 0 Å². The molecule has 0 radical (unpaired) electrons. The predicted molar refractivity (Wildman–Crippen MR) is 123 cm³/mol. The highest BCUT2D eigenvalue weighted by Gasteiger charge is 2.42. The molecular weight excluding hydrogens is 404 g/mol. The van der Waals surface area contributed by atoms with Crippen LogP contribution in [0.3, 0.4) is 0 Å². The summed E-state index contributed by atoms with van der Waals surface area (Å²) in [5, 5.41) is 4.99. The Morgan fingerprint density at radius 3 is 2.25 bits per heavy atom. The first kappa shape index (κ1) is 22.1. The number of hydrogen-bond donors (Lipinski definition) is 0. The van der Waals surface area contributed by atoms with Gasteiger partial charge in [0, 0.05) is 19.6 Å². The summed E-state index contributed by atoms with van der Waals surface area (Å²) in [4.78, 5) is 12.1. The van der Waals surface area contributed by atoms with E-state index >= 15 is 0 Å². The summed E-state index contributed by atoms with van der Waals surface area (Å²) < 4.78 is 18.7. The molecule has 168 valence electrons. The number of carbonyl (C=O) groups excluding carboxylic acids is 1. The summed E-state index contributed by atoms with van der Waals surface area (Å²) in [6.45, 7) is 3.53. The minimum atomic E-state index is -0.752. The van der Waals surface area contributed by atoms with Crippen LogP contribution in [-0.4, -0.2) is 36.1 Å². The largest absolute Gasteiger partial charge is 0.497 e. The van der Waals surface area contributed by atoms with Gasteiger partial charge in [-0.25, -0.2) is 4.68 Å². The lowest BCUT2D eigenvalue weighted by Gasteiger charge is -2.37. The average molecular weight is 435 g/mol. The molecule has 1 aliphatic rings. The first-order chi connectivity index (χ1) is 15.4. The van der Waals surface area contributed by atoms with Gasteiger partial charge in [-0.05, 0) is 62.9 Å². The lowest BCUT2D eigenvalue weighted by molar-refractivity contribution is -0.166. The zero-order valence-electron chi connectivity index (χ0n) is 19.1. The number of carbonyl (C=O) groups is 1. The summed E-state index contributed by atoms with van der Waals surface area (Å²) in [5.74, 6) is 0.490. The van der Waals surface area contributed by atoms with Gasteiger partial charge in [0.25, 0.3) is 0 Å². The molecule has 6 heteroatoms. The smallest absolute Gasteiger partial charge is 0.303 e. The Bertz CT molecular complexity index is 1060. The van der Waals surface area contributed by atoms with Crippen molar-refractivity contribution >= 4 is 5.97 Å². The predicted octanol–water partition coefficient (Wildman–Crippen LogP) is 5.20. The van der Waals surface area contributed by atoms with Crippen molar-refractivity contribution in [1.29, 1.82) is 0 Å². The van der Waals surface area contributed by atoms with E-state index in [9.17, 15) is 4.79 Å². The van der Waals surface area contributed by atoms with Crippen LogP contribution in [0.2, 0.25) is 0 Å². The molecular formula is C26H30N2O4. The van der Waals surface area contributed by atoms with Crippen molar-refractivity contribution in [2.75, 3.05) is 14.2 Å². The topological polar surface area (TPSA) is 62.6 Å². The number of nitrogens with zero attached hydrogens (tertiary/aromatic N) is 2. The normalized spacial score (nSPS) is 20.7. The molecule has 0 bridgehead atoms. The third-order valence-corrected chi connectivity index (χ3v) is 6.25. The molecule has 0 spiro atoms. The molecule has 1 aliphatic carbocycles. The van der Waals surface area contributed by atoms with E-state index in [0.717, 1.165) is 41.2 Å². The molecule has 0 amide bonds. The Labute approximate surface area is 189 Å². The molecule has 1 fully saturated rings. The maximum atomic E-state index is 12.1. The average Bonchev–Trinajstić information content (AvgIpc) is 3.26. The van der Waals surface area contributed by atoms with Gasteiger partial charge in [-0.2, -0.15) is 5.10 Å². The molecule has 0 aliphatic heterocycles. The second-order valence-electron chi connectivity index (χ2n) is 8.41. The van der Waals surface area contributed by atoms with E-state index in [0.29, 0.717) is 12.8 Å². The van der Waals surface area contributed by atoms with Crippen LogP contribution in [0, 0.1) is 6.92 Å². The van der Waals surface area contributed by atoms with E-state index in [-0.39, 0.29) is 12.1 Å². The van der Waals surface area contributed by atoms with E-state index in [1.54, 1.807) is 14.2 Å². The Morgan fingerprint density at radius 2 is 1.69 bits per heavy atom. The number of esters is 1. The Morgan fingerprint density at radius 1 is 1.03 bits per heavy atom. The molecule has 4 rings (SSSR count). The van der Waals surface area contributed by atoms with Crippen LogP contribution < -0.4 is 4.74 Å². The second kappa shape index (κ2) is 9.17. The maximum absolute atomic E-state index is 12.1. The van der Waals surface area contributed by atoms with Crippen LogP contribution in [0.15, 0.2) is 54.6 Å². The van der Waals surface area contributed by atoms with Gasteiger partial charge in [0.1, 0.15) is 11.4 Å². The van der Waals surface area contributed by atoms with Gasteiger partial charge in [-0.1, -0.05) is 29.8 Å². The summed E-state index contributed by atoms with van der Waals surface area (Å²) in [6, 6.07) is 18.2. The first-order valence-corrected chi connectivity index (χ1v) is 11.0. The second-order valence-corrected chi connectivity index (χ2v) is 8.41. The molecule has 1 aromatic heterocycles. The Balaban J connectivity index is 1.83. The number of hydrogen-bond acceptors (Lipinski definition) is 5. The first-order valence-electron chi connectivity index (χ1n) is 11.0. The summed E-state index contributed by atoms with van der Waals surface area (Å²) in [6.07, 6.45) is 3.17. The number of aryl methyl sites for hydroxylation is 1. The number of ether oxygens (including phenoxy) is 3. The third-order valence-electron chi connectivity index (χ3n) is 6.25. The zero-order valence-corrected chi connectivity index (χ0v) is 19.1. The van der Waals surface area contributed by atoms with Gasteiger partial charge < -0.3 is 14.2 Å². The minimum Gasteiger partial charge on any atom is -0.497 e. The van der Waals surface area contributed by atoms with Gasteiger partial charge in [-0.3, -0.25) is 4.79 Å². The molecule has 1 saturated carbocycles. The summed E-state index contributed by atoms with van der Waals surface area (Å²) in [7, 11) is 3.38. The van der Waals surface area contributed by atoms with E-state index in [1.807, 2.05) is 28.9 Å². The molecule has 0 unspecified atom stereocenters. The SMILES string of the molecule is COc1ccc(-n2nc(C3(OC(C)=O)CCC(OC)CC3)cc2-c2ccc(C)cc2)cc1. The fourth-order valence-electron chi connectivity index (χ4n) is 4.43. The number of aromatic nitrogens is 2. The highest BCUT2D eigenvalue weighted by Crippen LogP contribution is 2.42. The fourth-order valence-corrected chi connectivity index (χ4v) is 4.43. The highest BCUT2D eigenvalue weighted by molar-refractivity contribution is 5.67. The molecule has 3 aromatic rings. The molecule has 6 nitrogen and oxygen atoms in total. The lowest BCUT2D eigenvalue weighted by atomic mass is 9.80. The lowest BCUT2D eigenvalue weighted by Crippen LogP contribution is -2.38. The van der Waals surface area contributed by atoms with Crippen LogP contribution in [-0.2, 0) is 19.9 Å². The van der Waals surface area contributed by atoms with Crippen molar-refractivity contribution < 1.29 is 19.0 Å². The third kappa shape index (κ3) is 4.41. The van der Waals surface area contributed by atoms with Crippen LogP contribution in [0.1, 0.15) is 43.9 Å². The van der Waals surface area contributed by atoms with Crippen LogP contribution in [0.5, 0.6) is 5.75 Å². The zero-order chi connectivity index (χ0) is 22.7. The van der Waals surface area contributed by atoms with Gasteiger partial charge in [0.05, 0.1) is 24.6 Å². The van der Waals surface area contributed by atoms with Gasteiger partial charge >= 0.3 is 5.97 Å². The monoisotopic (exact) mass is 434 g/mol. The maximum Gasteiger partial charge on any atom is 0.303 e. The summed E-state index contributed by atoms with van der Waals surface area (Å²) in [5.41, 5.74) is 4.13. The van der Waals surface area contributed by atoms with E-state index in [1.165, 1.54) is 12.5 Å². The van der Waals surface area contributed by atoms with Crippen molar-refractivity contribution in [2.45, 2.75) is 51.2 Å². The van der Waals surface area contributed by atoms with Crippen molar-refractivity contribution in [3.63, 3.8) is 0 Å². The minimum absolute atomic E-state index is 0.180. The van der Waals surface area contributed by atoms with E-state index < -0.39 is 5.60 Å². The van der Waals surface area contributed by atoms with Crippen molar-refractivity contribution in [3.8, 4) is 22.7 Å². The molecule has 32 heavy (non-hydrogen) atoms. The Kier molecular flexibility index (Phi) is 6.33. The number of benzene rings is 2. The van der Waals surface area contributed by atoms with E-state index in [4.69, 9.17) is 19.3 Å². The van der Waals surface area contributed by atoms with Crippen LogP contribution >= 0.6 is 0 Å². The number of rotatable bonds is 6. The Hall–Kier alpha value is -3.12. The van der Waals surface area contributed by atoms with Gasteiger partial charge in [0.2, 0.25) is 0 Å². The fraction of sp³-hybridized carbons (Fsp3) is 0.385. The van der Waals surface area contributed by atoms with E-state index in [2.05, 4.69) is 37.3 Å². The molecule has 0 N–H and O–H groups in total. The van der Waals surface area contributed by atoms with Crippen LogP contribution in [0.25, 0.3) is 16.9 Å². The molecule has 0 atom stereocenters. The molecule has 2 aromatic carbocycles. The summed E-state index contributed by atoms with van der Waals surface area (Å²) >= 11 is 0. The van der Waals surface area contributed by atoms with Crippen molar-refractivity contribution in [2.24, 2.45) is 0 Å². The van der Waals surface area contributed by atoms with Crippen molar-refractivity contribution in [1.82, 2.24) is 9.78 Å². The molecule has 1 heterocycles. The molecule has 0 saturated heterocycles. The van der Waals surface area contributed by atoms with Gasteiger partial charge in [0.15, 0.2) is 5.60 Å². The standard InChI is InChI=1S/C26H30N2O4/c1-18-5-7-20(8-6-18)24-17-25(27-28(24)21-9-11-22(30-3)12-10-21)26(32-19(2)29)15-13-23(31-4)14-16-26/h5-12,17,23H,13-16H2,1-4H3. The van der Waals surface area contributed by atoms with Crippen molar-refractivity contribution in [3.05, 3.63) is 65.9 Å². The number of methoxy groups -OCH3 is 2.